The summed E-state index contributed by atoms with van der Waals surface area (Å²) in [4.78, 5) is 2.53. The molecule has 0 atom stereocenters. The van der Waals surface area contributed by atoms with E-state index in [0.29, 0.717) is 0 Å². The molecule has 11 aromatic rings. The number of benzene rings is 10. The van der Waals surface area contributed by atoms with Crippen LogP contribution in [0.3, 0.4) is 0 Å². The van der Waals surface area contributed by atoms with Gasteiger partial charge in [0.05, 0.1) is 22.4 Å². The van der Waals surface area contributed by atoms with Crippen LogP contribution in [0.25, 0.3) is 82.1 Å². The molecule has 0 saturated carbocycles. The number of anilines is 3. The summed E-state index contributed by atoms with van der Waals surface area (Å²) in [5.41, 5.74) is 18.6. The topological polar surface area (TPSA) is 8.17 Å². The molecule has 0 fully saturated rings. The van der Waals surface area contributed by atoms with E-state index in [9.17, 15) is 0 Å². The zero-order valence-electron chi connectivity index (χ0n) is 46.6. The zero-order chi connectivity index (χ0) is 52.4. The van der Waals surface area contributed by atoms with Gasteiger partial charge in [0, 0.05) is 32.9 Å². The molecule has 1 aromatic heterocycles. The van der Waals surface area contributed by atoms with Crippen molar-refractivity contribution in [3.63, 3.8) is 0 Å². The lowest BCUT2D eigenvalue weighted by Crippen LogP contribution is -2.17. The number of fused-ring (bicyclic) bond motifs is 3. The number of nitrogens with zero attached hydrogens (tertiary/aromatic N) is 2. The van der Waals surface area contributed by atoms with E-state index in [2.05, 4.69) is 289 Å². The number of hydrogen-bond acceptors (Lipinski definition) is 1. The van der Waals surface area contributed by atoms with Gasteiger partial charge in [-0.3, -0.25) is 0 Å². The molecule has 1 heterocycles. The highest BCUT2D eigenvalue weighted by Gasteiger charge is 2.27. The normalized spacial score (nSPS) is 13.1. The minimum Gasteiger partial charge on any atom is -0.310 e. The van der Waals surface area contributed by atoms with Crippen LogP contribution in [0, 0.1) is 0 Å². The predicted molar refractivity (Wildman–Crippen MR) is 324 cm³/mol. The first-order valence-corrected chi connectivity index (χ1v) is 26.9. The Bertz CT molecular complexity index is 3840. The fourth-order valence-corrected chi connectivity index (χ4v) is 11.2. The molecule has 372 valence electrons. The molecule has 0 saturated heterocycles. The number of rotatable bonds is 6. The molecule has 11 rings (SSSR count). The van der Waals surface area contributed by atoms with Crippen LogP contribution in [0.2, 0.25) is 0 Å². The first kappa shape index (κ1) is 49.1. The van der Waals surface area contributed by atoms with E-state index in [-0.39, 0.29) is 27.1 Å². The Morgan fingerprint density at radius 1 is 0.297 bits per heavy atom. The molecule has 0 aliphatic heterocycles. The molecule has 0 amide bonds. The summed E-state index contributed by atoms with van der Waals surface area (Å²) in [7, 11) is 0. The van der Waals surface area contributed by atoms with Gasteiger partial charge in [-0.25, -0.2) is 0 Å². The minimum absolute atomic E-state index is 0.0122. The second-order valence-electron chi connectivity index (χ2n) is 26.5. The van der Waals surface area contributed by atoms with Gasteiger partial charge in [-0.05, 0) is 159 Å². The van der Waals surface area contributed by atoms with Crippen LogP contribution in [0.4, 0.5) is 17.1 Å². The van der Waals surface area contributed by atoms with Crippen molar-refractivity contribution in [3.8, 4) is 27.9 Å². The molecular weight excluding hydrogens is 893 g/mol. The Balaban J connectivity index is 1.18. The van der Waals surface area contributed by atoms with Crippen molar-refractivity contribution >= 4 is 71.2 Å². The molecule has 0 aliphatic carbocycles. The highest BCUT2D eigenvalue weighted by molar-refractivity contribution is 6.27. The van der Waals surface area contributed by atoms with Gasteiger partial charge in [-0.15, -0.1) is 0 Å². The van der Waals surface area contributed by atoms with Gasteiger partial charge in [0.1, 0.15) is 0 Å². The molecule has 2 nitrogen and oxygen atoms in total. The quantitative estimate of drug-likeness (QED) is 0.151. The Labute approximate surface area is 441 Å². The highest BCUT2D eigenvalue weighted by atomic mass is 15.1. The fraction of sp³-hybridized carbons (Fsp3) is 0.278. The first-order chi connectivity index (χ1) is 34.8. The van der Waals surface area contributed by atoms with Gasteiger partial charge in [-0.1, -0.05) is 219 Å². The van der Waals surface area contributed by atoms with Crippen LogP contribution in [-0.4, -0.2) is 4.57 Å². The van der Waals surface area contributed by atoms with Crippen molar-refractivity contribution in [2.24, 2.45) is 0 Å². The van der Waals surface area contributed by atoms with Crippen molar-refractivity contribution in [2.75, 3.05) is 4.90 Å². The summed E-state index contributed by atoms with van der Waals surface area (Å²) in [6.07, 6.45) is 0. The summed E-state index contributed by atoms with van der Waals surface area (Å²) in [5.74, 6) is 0. The third-order valence-electron chi connectivity index (χ3n) is 15.9. The van der Waals surface area contributed by atoms with Crippen LogP contribution in [0.5, 0.6) is 0 Å². The Morgan fingerprint density at radius 2 is 0.743 bits per heavy atom. The second kappa shape index (κ2) is 17.2. The van der Waals surface area contributed by atoms with Crippen LogP contribution >= 0.6 is 0 Å². The molecule has 74 heavy (non-hydrogen) atoms. The molecule has 0 bridgehead atoms. The SMILES string of the molecule is CC(C)(C)c1cc(-c2cc(C(C)(C)C)cc(C(C)(C)C)c2)cc(N(c2ccc(-c3ccccc3)cc2)c2ccc3ccc4c(-n5c6ccc(C(C)(C)C)cc6c6cc(C(C)(C)C)ccc65)ccc5ccc2c3c54)c1. The van der Waals surface area contributed by atoms with Crippen LogP contribution in [0.15, 0.2) is 176 Å². The molecular formula is C72H74N2. The molecule has 2 heteroatoms. The third-order valence-corrected chi connectivity index (χ3v) is 15.9. The highest BCUT2D eigenvalue weighted by Crippen LogP contribution is 2.48. The summed E-state index contributed by atoms with van der Waals surface area (Å²) in [6, 6.07) is 67.8. The van der Waals surface area contributed by atoms with Gasteiger partial charge in [0.2, 0.25) is 0 Å². The summed E-state index contributed by atoms with van der Waals surface area (Å²) in [5, 5.41) is 10.1. The van der Waals surface area contributed by atoms with E-state index < -0.39 is 0 Å². The van der Waals surface area contributed by atoms with E-state index in [1.807, 2.05) is 0 Å². The Kier molecular flexibility index (Phi) is 11.4. The lowest BCUT2D eigenvalue weighted by molar-refractivity contribution is 0.569. The average Bonchev–Trinajstić information content (AvgIpc) is 3.69. The minimum atomic E-state index is -0.114. The average molecular weight is 967 g/mol. The van der Waals surface area contributed by atoms with Crippen LogP contribution < -0.4 is 4.90 Å². The lowest BCUT2D eigenvalue weighted by Gasteiger charge is -2.31. The Morgan fingerprint density at radius 3 is 1.27 bits per heavy atom. The van der Waals surface area contributed by atoms with E-state index in [1.54, 1.807) is 0 Å². The van der Waals surface area contributed by atoms with Crippen LogP contribution in [0.1, 0.15) is 132 Å². The van der Waals surface area contributed by atoms with Crippen molar-refractivity contribution in [3.05, 3.63) is 204 Å². The molecule has 0 spiro atoms. The third kappa shape index (κ3) is 8.64. The molecule has 10 aromatic carbocycles. The maximum atomic E-state index is 2.54. The maximum absolute atomic E-state index is 2.54. The smallest absolute Gasteiger partial charge is 0.0541 e. The molecule has 0 radical (unpaired) electrons. The molecule has 0 unspecified atom stereocenters. The van der Waals surface area contributed by atoms with E-state index in [0.717, 1.165) is 17.1 Å². The van der Waals surface area contributed by atoms with Gasteiger partial charge in [0.15, 0.2) is 0 Å². The van der Waals surface area contributed by atoms with Gasteiger partial charge >= 0.3 is 0 Å². The standard InChI is InChI=1S/C72H74N2/c1-68(2,3)51-27-35-64-60(43-51)61-44-52(69(4,5)6)28-36-65(61)74(64)63-34-26-48-23-31-58-62(33-25-47-24-32-59(63)67(48)66(47)58)73(56-29-21-46(22-30-56)45-19-17-16-18-20-45)57-40-50(39-55(42-57)72(13,14)15)49-37-53(70(7,8)9)41-54(38-49)71(10,11)12/h16-44H,1-15H3. The zero-order valence-corrected chi connectivity index (χ0v) is 46.6. The summed E-state index contributed by atoms with van der Waals surface area (Å²) >= 11 is 0. The van der Waals surface area contributed by atoms with Crippen LogP contribution in [-0.2, 0) is 27.1 Å². The van der Waals surface area contributed by atoms with Crippen molar-refractivity contribution in [2.45, 2.75) is 131 Å². The van der Waals surface area contributed by atoms with E-state index >= 15 is 0 Å². The van der Waals surface area contributed by atoms with Gasteiger partial charge in [-0.2, -0.15) is 0 Å². The fourth-order valence-electron chi connectivity index (χ4n) is 11.2. The largest absolute Gasteiger partial charge is 0.310 e. The van der Waals surface area contributed by atoms with Gasteiger partial charge < -0.3 is 9.47 Å². The molecule has 0 N–H and O–H groups in total. The summed E-state index contributed by atoms with van der Waals surface area (Å²) < 4.78 is 2.54. The van der Waals surface area contributed by atoms with E-state index in [1.165, 1.54) is 110 Å². The number of hydrogen-bond donors (Lipinski definition) is 0. The monoisotopic (exact) mass is 967 g/mol. The van der Waals surface area contributed by atoms with Crippen molar-refractivity contribution in [1.29, 1.82) is 0 Å². The number of aromatic nitrogens is 1. The maximum Gasteiger partial charge on any atom is 0.0541 e. The Hall–Kier alpha value is -7.16. The van der Waals surface area contributed by atoms with Crippen molar-refractivity contribution in [1.82, 2.24) is 4.57 Å². The lowest BCUT2D eigenvalue weighted by atomic mass is 9.78. The van der Waals surface area contributed by atoms with E-state index in [4.69, 9.17) is 0 Å². The van der Waals surface area contributed by atoms with Gasteiger partial charge in [0.25, 0.3) is 0 Å². The molecule has 0 aliphatic rings. The second-order valence-corrected chi connectivity index (χ2v) is 26.5. The predicted octanol–water partition coefficient (Wildman–Crippen LogP) is 21.0. The van der Waals surface area contributed by atoms with Crippen molar-refractivity contribution < 1.29 is 0 Å². The first-order valence-electron chi connectivity index (χ1n) is 26.9. The summed E-state index contributed by atoms with van der Waals surface area (Å²) in [6.45, 7) is 35.0.